The lowest BCUT2D eigenvalue weighted by molar-refractivity contribution is 0.222. The van der Waals surface area contributed by atoms with Gasteiger partial charge in [0, 0.05) is 12.4 Å². The van der Waals surface area contributed by atoms with E-state index in [4.69, 9.17) is 0 Å². The molecular formula is C22H29NO. The van der Waals surface area contributed by atoms with Crippen LogP contribution in [0.1, 0.15) is 56.6 Å². The van der Waals surface area contributed by atoms with Gasteiger partial charge in [0.1, 0.15) is 0 Å². The molecule has 1 aromatic carbocycles. The summed E-state index contributed by atoms with van der Waals surface area (Å²) in [6.07, 6.45) is 13.0. The lowest BCUT2D eigenvalue weighted by Gasteiger charge is -2.16. The van der Waals surface area contributed by atoms with Crippen molar-refractivity contribution in [1.82, 2.24) is 4.98 Å². The van der Waals surface area contributed by atoms with Crippen LogP contribution in [-0.2, 0) is 6.42 Å². The molecule has 2 aromatic rings. The van der Waals surface area contributed by atoms with Crippen LogP contribution in [0.2, 0.25) is 0 Å². The van der Waals surface area contributed by atoms with Crippen molar-refractivity contribution >= 4 is 5.57 Å². The number of aromatic nitrogens is 1. The minimum absolute atomic E-state index is 0.432. The van der Waals surface area contributed by atoms with Gasteiger partial charge in [-0.15, -0.1) is 0 Å². The Morgan fingerprint density at radius 1 is 1.04 bits per heavy atom. The molecule has 1 unspecified atom stereocenters. The summed E-state index contributed by atoms with van der Waals surface area (Å²) >= 11 is 0. The smallest absolute Gasteiger partial charge is 0.0795 e. The number of unbranched alkanes of at least 4 members (excludes halogenated alkanes) is 4. The summed E-state index contributed by atoms with van der Waals surface area (Å²) in [6.45, 7) is 2.23. The van der Waals surface area contributed by atoms with E-state index in [0.717, 1.165) is 30.4 Å². The van der Waals surface area contributed by atoms with Crippen molar-refractivity contribution in [3.05, 3.63) is 72.1 Å². The summed E-state index contributed by atoms with van der Waals surface area (Å²) in [6, 6.07) is 14.3. The van der Waals surface area contributed by atoms with E-state index in [9.17, 15) is 5.11 Å². The van der Waals surface area contributed by atoms with E-state index >= 15 is 0 Å². The molecule has 2 rings (SSSR count). The Kier molecular flexibility index (Phi) is 8.26. The molecule has 2 nitrogen and oxygen atoms in total. The van der Waals surface area contributed by atoms with Crippen LogP contribution in [0.3, 0.4) is 0 Å². The van der Waals surface area contributed by atoms with Gasteiger partial charge in [0.15, 0.2) is 0 Å². The molecule has 2 heteroatoms. The summed E-state index contributed by atoms with van der Waals surface area (Å²) in [7, 11) is 0. The number of nitrogens with zero attached hydrogens (tertiary/aromatic N) is 1. The van der Waals surface area contributed by atoms with Crippen LogP contribution in [-0.4, -0.2) is 16.2 Å². The van der Waals surface area contributed by atoms with E-state index in [1.807, 2.05) is 18.2 Å². The fourth-order valence-electron chi connectivity index (χ4n) is 2.92. The Labute approximate surface area is 146 Å². The number of rotatable bonds is 10. The van der Waals surface area contributed by atoms with Gasteiger partial charge in [-0.1, -0.05) is 62.6 Å². The second kappa shape index (κ2) is 10.8. The lowest BCUT2D eigenvalue weighted by Crippen LogP contribution is -2.11. The zero-order valence-electron chi connectivity index (χ0n) is 14.7. The first kappa shape index (κ1) is 18.4. The number of aliphatic hydroxyl groups is 1. The Balaban J connectivity index is 2.00. The molecule has 0 amide bonds. The van der Waals surface area contributed by atoms with Crippen molar-refractivity contribution in [3.8, 4) is 0 Å². The van der Waals surface area contributed by atoms with Gasteiger partial charge in [-0.2, -0.15) is 0 Å². The Morgan fingerprint density at radius 3 is 2.50 bits per heavy atom. The van der Waals surface area contributed by atoms with Gasteiger partial charge in [-0.3, -0.25) is 4.98 Å². The summed E-state index contributed by atoms with van der Waals surface area (Å²) in [5.41, 5.74) is 3.40. The minimum atomic E-state index is -0.432. The minimum Gasteiger partial charge on any atom is -0.388 e. The maximum Gasteiger partial charge on any atom is 0.0795 e. The maximum absolute atomic E-state index is 10.7. The first-order valence-electron chi connectivity index (χ1n) is 9.13. The number of hydrogen-bond donors (Lipinski definition) is 1. The van der Waals surface area contributed by atoms with E-state index in [1.54, 1.807) is 12.4 Å². The molecule has 0 fully saturated rings. The molecule has 1 heterocycles. The molecule has 0 spiro atoms. The maximum atomic E-state index is 10.7. The molecule has 0 aliphatic carbocycles. The van der Waals surface area contributed by atoms with Gasteiger partial charge in [0.25, 0.3) is 0 Å². The van der Waals surface area contributed by atoms with Crippen molar-refractivity contribution in [2.45, 2.75) is 58.0 Å². The SMILES string of the molecule is CCCCCC/C=C(\c1ccncc1)C(O)CCc1ccccc1. The van der Waals surface area contributed by atoms with Gasteiger partial charge < -0.3 is 5.11 Å². The van der Waals surface area contributed by atoms with E-state index in [1.165, 1.54) is 31.2 Å². The van der Waals surface area contributed by atoms with Gasteiger partial charge >= 0.3 is 0 Å². The van der Waals surface area contributed by atoms with Crippen LogP contribution in [0.4, 0.5) is 0 Å². The molecule has 1 N–H and O–H groups in total. The molecule has 0 aliphatic rings. The number of allylic oxidation sites excluding steroid dienone is 1. The highest BCUT2D eigenvalue weighted by Crippen LogP contribution is 2.23. The monoisotopic (exact) mass is 323 g/mol. The van der Waals surface area contributed by atoms with E-state index in [2.05, 4.69) is 42.2 Å². The van der Waals surface area contributed by atoms with Crippen LogP contribution >= 0.6 is 0 Å². The van der Waals surface area contributed by atoms with E-state index < -0.39 is 6.10 Å². The Hall–Kier alpha value is -1.93. The van der Waals surface area contributed by atoms with Crippen molar-refractivity contribution in [1.29, 1.82) is 0 Å². The average Bonchev–Trinajstić information content (AvgIpc) is 2.64. The molecule has 1 aromatic heterocycles. The highest BCUT2D eigenvalue weighted by atomic mass is 16.3. The number of aliphatic hydroxyl groups excluding tert-OH is 1. The first-order chi connectivity index (χ1) is 11.8. The van der Waals surface area contributed by atoms with Crippen molar-refractivity contribution in [2.24, 2.45) is 0 Å². The van der Waals surface area contributed by atoms with Crippen molar-refractivity contribution in [2.75, 3.05) is 0 Å². The predicted octanol–water partition coefficient (Wildman–Crippen LogP) is 5.43. The molecule has 0 bridgehead atoms. The van der Waals surface area contributed by atoms with Gasteiger partial charge in [0.2, 0.25) is 0 Å². The largest absolute Gasteiger partial charge is 0.388 e. The fraction of sp³-hybridized carbons (Fsp3) is 0.409. The third-order valence-corrected chi connectivity index (χ3v) is 4.34. The number of hydrogen-bond acceptors (Lipinski definition) is 2. The number of pyridine rings is 1. The molecular weight excluding hydrogens is 294 g/mol. The van der Waals surface area contributed by atoms with Crippen LogP contribution in [0.5, 0.6) is 0 Å². The average molecular weight is 323 g/mol. The molecule has 0 aliphatic heterocycles. The molecule has 0 saturated heterocycles. The van der Waals surface area contributed by atoms with Crippen molar-refractivity contribution in [3.63, 3.8) is 0 Å². The molecule has 1 atom stereocenters. The van der Waals surface area contributed by atoms with Gasteiger partial charge in [0.05, 0.1) is 6.10 Å². The normalized spacial score (nSPS) is 13.0. The van der Waals surface area contributed by atoms with E-state index in [0.29, 0.717) is 0 Å². The summed E-state index contributed by atoms with van der Waals surface area (Å²) in [5.74, 6) is 0. The van der Waals surface area contributed by atoms with Gasteiger partial charge in [-0.05, 0) is 54.5 Å². The van der Waals surface area contributed by atoms with Gasteiger partial charge in [-0.25, -0.2) is 0 Å². The topological polar surface area (TPSA) is 33.1 Å². The van der Waals surface area contributed by atoms with Crippen LogP contribution in [0, 0.1) is 0 Å². The molecule has 24 heavy (non-hydrogen) atoms. The number of aryl methyl sites for hydroxylation is 1. The Bertz CT molecular complexity index is 592. The zero-order chi connectivity index (χ0) is 17.0. The van der Waals surface area contributed by atoms with Crippen LogP contribution < -0.4 is 0 Å². The standard InChI is InChI=1S/C22H29NO/c1-2-3-4-5-9-12-21(20-15-17-23-18-16-20)22(24)14-13-19-10-7-6-8-11-19/h6-8,10-12,15-18,22,24H,2-5,9,13-14H2,1H3/b21-12+. The summed E-state index contributed by atoms with van der Waals surface area (Å²) in [4.78, 5) is 4.09. The molecule has 0 radical (unpaired) electrons. The third-order valence-electron chi connectivity index (χ3n) is 4.34. The summed E-state index contributed by atoms with van der Waals surface area (Å²) in [5, 5.41) is 10.7. The predicted molar refractivity (Wildman–Crippen MR) is 102 cm³/mol. The zero-order valence-corrected chi connectivity index (χ0v) is 14.7. The highest BCUT2D eigenvalue weighted by molar-refractivity contribution is 5.68. The fourth-order valence-corrected chi connectivity index (χ4v) is 2.92. The summed E-state index contributed by atoms with van der Waals surface area (Å²) < 4.78 is 0. The first-order valence-corrected chi connectivity index (χ1v) is 9.13. The number of benzene rings is 1. The lowest BCUT2D eigenvalue weighted by atomic mass is 9.95. The quantitative estimate of drug-likeness (QED) is 0.591. The molecule has 128 valence electrons. The van der Waals surface area contributed by atoms with Crippen LogP contribution in [0.15, 0.2) is 60.9 Å². The second-order valence-corrected chi connectivity index (χ2v) is 6.28. The highest BCUT2D eigenvalue weighted by Gasteiger charge is 2.13. The van der Waals surface area contributed by atoms with Crippen molar-refractivity contribution < 1.29 is 5.11 Å². The second-order valence-electron chi connectivity index (χ2n) is 6.28. The third kappa shape index (κ3) is 6.29. The van der Waals surface area contributed by atoms with E-state index in [-0.39, 0.29) is 0 Å². The molecule has 0 saturated carbocycles. The van der Waals surface area contributed by atoms with Crippen LogP contribution in [0.25, 0.3) is 5.57 Å². The Morgan fingerprint density at radius 2 is 1.79 bits per heavy atom.